The van der Waals surface area contributed by atoms with E-state index in [0.29, 0.717) is 33.1 Å². The SMILES string of the molecule is Cc1oc(-c2ccccc2)nc1CC(=O)N(C)CC(=O)Nc1ccc(Cl)c(Cl)c1. The molecule has 150 valence electrons. The number of hydrogen-bond donors (Lipinski definition) is 1. The standard InChI is InChI=1S/C21H19Cl2N3O3/c1-13-18(25-21(29-13)14-6-4-3-5-7-14)11-20(28)26(2)12-19(27)24-15-8-9-16(22)17(23)10-15/h3-10H,11-12H2,1-2H3,(H,24,27). The Balaban J connectivity index is 1.59. The fourth-order valence-electron chi connectivity index (χ4n) is 2.65. The summed E-state index contributed by atoms with van der Waals surface area (Å²) in [6.45, 7) is 1.65. The first-order chi connectivity index (χ1) is 13.8. The fraction of sp³-hybridized carbons (Fsp3) is 0.190. The van der Waals surface area contributed by atoms with Gasteiger partial charge in [-0.25, -0.2) is 4.98 Å². The molecule has 0 atom stereocenters. The Morgan fingerprint density at radius 3 is 2.52 bits per heavy atom. The van der Waals surface area contributed by atoms with Crippen molar-refractivity contribution in [2.75, 3.05) is 18.9 Å². The highest BCUT2D eigenvalue weighted by Gasteiger charge is 2.19. The highest BCUT2D eigenvalue weighted by atomic mass is 35.5. The van der Waals surface area contributed by atoms with E-state index in [9.17, 15) is 9.59 Å². The molecular formula is C21H19Cl2N3O3. The molecule has 29 heavy (non-hydrogen) atoms. The summed E-state index contributed by atoms with van der Waals surface area (Å²) in [5.41, 5.74) is 1.89. The van der Waals surface area contributed by atoms with Crippen molar-refractivity contribution in [2.45, 2.75) is 13.3 Å². The molecule has 0 aliphatic rings. The van der Waals surface area contributed by atoms with Gasteiger partial charge in [0.15, 0.2) is 0 Å². The fourth-order valence-corrected chi connectivity index (χ4v) is 2.95. The Morgan fingerprint density at radius 1 is 1.10 bits per heavy atom. The van der Waals surface area contributed by atoms with E-state index < -0.39 is 0 Å². The molecule has 0 bridgehead atoms. The lowest BCUT2D eigenvalue weighted by atomic mass is 10.2. The molecule has 0 saturated heterocycles. The summed E-state index contributed by atoms with van der Waals surface area (Å²) < 4.78 is 5.68. The van der Waals surface area contributed by atoms with Gasteiger partial charge in [0, 0.05) is 18.3 Å². The van der Waals surface area contributed by atoms with Gasteiger partial charge in [0.05, 0.1) is 28.7 Å². The maximum Gasteiger partial charge on any atom is 0.243 e. The van der Waals surface area contributed by atoms with Crippen LogP contribution in [-0.4, -0.2) is 35.3 Å². The zero-order valence-electron chi connectivity index (χ0n) is 15.9. The molecule has 0 aliphatic heterocycles. The van der Waals surface area contributed by atoms with Crippen LogP contribution in [0.3, 0.4) is 0 Å². The number of nitrogens with zero attached hydrogens (tertiary/aromatic N) is 2. The topological polar surface area (TPSA) is 75.4 Å². The first-order valence-corrected chi connectivity index (χ1v) is 9.59. The first-order valence-electron chi connectivity index (χ1n) is 8.84. The quantitative estimate of drug-likeness (QED) is 0.618. The van der Waals surface area contributed by atoms with Gasteiger partial charge in [-0.3, -0.25) is 9.59 Å². The molecule has 1 N–H and O–H groups in total. The third-order valence-electron chi connectivity index (χ3n) is 4.24. The molecule has 0 saturated carbocycles. The van der Waals surface area contributed by atoms with Crippen LogP contribution in [0.25, 0.3) is 11.5 Å². The van der Waals surface area contributed by atoms with Gasteiger partial charge in [-0.2, -0.15) is 0 Å². The molecule has 0 radical (unpaired) electrons. The molecule has 3 aromatic rings. The van der Waals surface area contributed by atoms with Gasteiger partial charge < -0.3 is 14.6 Å². The van der Waals surface area contributed by atoms with Crippen LogP contribution in [0, 0.1) is 6.92 Å². The van der Waals surface area contributed by atoms with E-state index in [1.807, 2.05) is 30.3 Å². The zero-order chi connectivity index (χ0) is 21.0. The van der Waals surface area contributed by atoms with Crippen LogP contribution in [0.5, 0.6) is 0 Å². The van der Waals surface area contributed by atoms with Gasteiger partial charge in [-0.05, 0) is 37.3 Å². The molecule has 8 heteroatoms. The van der Waals surface area contributed by atoms with E-state index in [2.05, 4.69) is 10.3 Å². The maximum absolute atomic E-state index is 12.5. The van der Waals surface area contributed by atoms with Gasteiger partial charge >= 0.3 is 0 Å². The molecule has 2 aromatic carbocycles. The van der Waals surface area contributed by atoms with Crippen molar-refractivity contribution < 1.29 is 14.0 Å². The maximum atomic E-state index is 12.5. The highest BCUT2D eigenvalue weighted by molar-refractivity contribution is 6.42. The van der Waals surface area contributed by atoms with Crippen LogP contribution in [0.4, 0.5) is 5.69 Å². The number of nitrogens with one attached hydrogen (secondary N) is 1. The second kappa shape index (κ2) is 9.11. The lowest BCUT2D eigenvalue weighted by Gasteiger charge is -2.16. The number of benzene rings is 2. The van der Waals surface area contributed by atoms with Crippen molar-refractivity contribution in [3.05, 3.63) is 70.0 Å². The van der Waals surface area contributed by atoms with Crippen molar-refractivity contribution in [1.82, 2.24) is 9.88 Å². The largest absolute Gasteiger partial charge is 0.441 e. The Kier molecular flexibility index (Phi) is 6.56. The van der Waals surface area contributed by atoms with E-state index in [1.54, 1.807) is 32.2 Å². The number of rotatable bonds is 6. The molecule has 1 aromatic heterocycles. The third kappa shape index (κ3) is 5.37. The Hall–Kier alpha value is -2.83. The van der Waals surface area contributed by atoms with Crippen LogP contribution in [0.1, 0.15) is 11.5 Å². The smallest absolute Gasteiger partial charge is 0.243 e. The van der Waals surface area contributed by atoms with Crippen molar-refractivity contribution in [2.24, 2.45) is 0 Å². The second-order valence-corrected chi connectivity index (χ2v) is 7.31. The predicted octanol–water partition coefficient (Wildman–Crippen LogP) is 4.60. The van der Waals surface area contributed by atoms with Gasteiger partial charge in [0.2, 0.25) is 17.7 Å². The summed E-state index contributed by atoms with van der Waals surface area (Å²) in [7, 11) is 1.56. The van der Waals surface area contributed by atoms with Crippen molar-refractivity contribution in [3.63, 3.8) is 0 Å². The molecule has 6 nitrogen and oxygen atoms in total. The molecular weight excluding hydrogens is 413 g/mol. The summed E-state index contributed by atoms with van der Waals surface area (Å²) in [5.74, 6) is 0.447. The molecule has 3 rings (SSSR count). The van der Waals surface area contributed by atoms with Gasteiger partial charge in [0.1, 0.15) is 5.76 Å². The average Bonchev–Trinajstić information content (AvgIpc) is 3.05. The lowest BCUT2D eigenvalue weighted by Crippen LogP contribution is -2.36. The summed E-state index contributed by atoms with van der Waals surface area (Å²) >= 11 is 11.8. The number of amides is 2. The number of anilines is 1. The van der Waals surface area contributed by atoms with Crippen molar-refractivity contribution >= 4 is 40.7 Å². The lowest BCUT2D eigenvalue weighted by molar-refractivity contribution is -0.132. The number of halogens is 2. The molecule has 0 unspecified atom stereocenters. The molecule has 0 aliphatic carbocycles. The van der Waals surface area contributed by atoms with Crippen LogP contribution in [0.15, 0.2) is 52.9 Å². The zero-order valence-corrected chi connectivity index (χ0v) is 17.4. The molecule has 1 heterocycles. The minimum atomic E-state index is -0.346. The third-order valence-corrected chi connectivity index (χ3v) is 4.98. The summed E-state index contributed by atoms with van der Waals surface area (Å²) in [6.07, 6.45) is 0.0404. The molecule has 2 amide bonds. The number of carbonyl (C=O) groups excluding carboxylic acids is 2. The van der Waals surface area contributed by atoms with Gasteiger partial charge in [-0.15, -0.1) is 0 Å². The van der Waals surface area contributed by atoms with Crippen LogP contribution < -0.4 is 5.32 Å². The summed E-state index contributed by atoms with van der Waals surface area (Å²) in [6, 6.07) is 14.2. The molecule has 0 spiro atoms. The normalized spacial score (nSPS) is 10.6. The second-order valence-electron chi connectivity index (χ2n) is 6.49. The van der Waals surface area contributed by atoms with Crippen LogP contribution in [-0.2, 0) is 16.0 Å². The van der Waals surface area contributed by atoms with Gasteiger partial charge in [0.25, 0.3) is 0 Å². The molecule has 0 fully saturated rings. The van der Waals surface area contributed by atoms with E-state index in [4.69, 9.17) is 27.6 Å². The first kappa shape index (κ1) is 20.9. The number of hydrogen-bond acceptors (Lipinski definition) is 4. The van der Waals surface area contributed by atoms with E-state index in [0.717, 1.165) is 5.56 Å². The van der Waals surface area contributed by atoms with Crippen LogP contribution in [0.2, 0.25) is 10.0 Å². The van der Waals surface area contributed by atoms with E-state index in [1.165, 1.54) is 4.90 Å². The Bertz CT molecular complexity index is 1030. The summed E-state index contributed by atoms with van der Waals surface area (Å²) in [4.78, 5) is 30.5. The predicted molar refractivity (Wildman–Crippen MR) is 113 cm³/mol. The van der Waals surface area contributed by atoms with Crippen molar-refractivity contribution in [1.29, 1.82) is 0 Å². The number of carbonyl (C=O) groups is 2. The summed E-state index contributed by atoms with van der Waals surface area (Å²) in [5, 5.41) is 3.42. The van der Waals surface area contributed by atoms with E-state index >= 15 is 0 Å². The van der Waals surface area contributed by atoms with E-state index in [-0.39, 0.29) is 24.8 Å². The van der Waals surface area contributed by atoms with Crippen LogP contribution >= 0.6 is 23.2 Å². The average molecular weight is 432 g/mol. The minimum absolute atomic E-state index is 0.0404. The highest BCUT2D eigenvalue weighted by Crippen LogP contribution is 2.25. The Labute approximate surface area is 178 Å². The van der Waals surface area contributed by atoms with Gasteiger partial charge in [-0.1, -0.05) is 41.4 Å². The number of aryl methyl sites for hydroxylation is 1. The number of aromatic nitrogens is 1. The monoisotopic (exact) mass is 431 g/mol. The minimum Gasteiger partial charge on any atom is -0.441 e. The number of oxazole rings is 1. The van der Waals surface area contributed by atoms with Crippen molar-refractivity contribution in [3.8, 4) is 11.5 Å². The Morgan fingerprint density at radius 2 is 1.83 bits per heavy atom. The number of likely N-dealkylation sites (N-methyl/N-ethyl adjacent to an activating group) is 1.